The Morgan fingerprint density at radius 1 is 0.544 bits per heavy atom. The molecule has 5 aromatic carbocycles. The minimum absolute atomic E-state index is 0.00729. The minimum Gasteiger partial charge on any atom is -0.507 e. The number of carbonyl (C=O) groups is 4. The standard InChI is InChI=1S/C33H27Cl3O6.C27H22Cl4O6/c1-15(2)26(37)10-9-18-11-21-31(27(29(18)39)17-7-5-4-6-8-17)41-30-16(3)28(38)25(36)14-22(30)33(21)20-13-24(35)23(34)12-19(20)32(40)42-33;1-10(2)20(32)5-4-12-6-15-25(21(31)23(12)34)36-24-11(3)22(33)19(30)9-16(24)27(15)14-8-18(29)17(28)7-13(14)26(35)37-27/h4-8,11-15,21,31,38-39H,9-10H2,1-3H3;6-10,15,25,33-34H,4-5H2,1-3H3. The predicted octanol–water partition coefficient (Wildman–Crippen LogP) is 15.8. The van der Waals surface area contributed by atoms with Crippen LogP contribution in [0.3, 0.4) is 0 Å². The highest BCUT2D eigenvalue weighted by molar-refractivity contribution is 6.43. The number of hydrogen-bond donors (Lipinski definition) is 4. The van der Waals surface area contributed by atoms with Crippen molar-refractivity contribution < 1.29 is 58.6 Å². The van der Waals surface area contributed by atoms with Gasteiger partial charge in [0.05, 0.1) is 53.1 Å². The molecule has 4 aliphatic heterocycles. The van der Waals surface area contributed by atoms with Gasteiger partial charge in [-0.2, -0.15) is 0 Å². The van der Waals surface area contributed by atoms with Crippen LogP contribution in [0, 0.1) is 37.5 Å². The van der Waals surface area contributed by atoms with Crippen LogP contribution in [-0.2, 0) is 30.3 Å². The second-order valence-corrected chi connectivity index (χ2v) is 23.7. The molecule has 4 heterocycles. The van der Waals surface area contributed by atoms with Crippen molar-refractivity contribution in [3.63, 3.8) is 0 Å². The molecule has 19 heteroatoms. The molecule has 6 atom stereocenters. The average molecular weight is 1210 g/mol. The first-order valence-electron chi connectivity index (χ1n) is 25.2. The first-order chi connectivity index (χ1) is 37.3. The van der Waals surface area contributed by atoms with Gasteiger partial charge in [-0.1, -0.05) is 151 Å². The largest absolute Gasteiger partial charge is 0.507 e. The average Bonchev–Trinajstić information content (AvgIpc) is 3.30. The van der Waals surface area contributed by atoms with Gasteiger partial charge in [0.25, 0.3) is 0 Å². The van der Waals surface area contributed by atoms with Crippen LogP contribution in [0.25, 0.3) is 5.57 Å². The summed E-state index contributed by atoms with van der Waals surface area (Å²) in [6.45, 7) is 10.6. The van der Waals surface area contributed by atoms with Crippen molar-refractivity contribution in [2.24, 2.45) is 23.7 Å². The van der Waals surface area contributed by atoms with Crippen LogP contribution in [0.15, 0.2) is 107 Å². The molecule has 0 fully saturated rings. The zero-order chi connectivity index (χ0) is 57.1. The van der Waals surface area contributed by atoms with Crippen LogP contribution in [-0.4, -0.2) is 56.1 Å². The molecule has 4 N–H and O–H groups in total. The van der Waals surface area contributed by atoms with E-state index in [1.807, 2.05) is 64.1 Å². The van der Waals surface area contributed by atoms with Crippen LogP contribution in [0.5, 0.6) is 23.0 Å². The van der Waals surface area contributed by atoms with Crippen LogP contribution in [0.2, 0.25) is 30.1 Å². The second-order valence-electron chi connectivity index (χ2n) is 20.9. The molecule has 0 radical (unpaired) electrons. The van der Waals surface area contributed by atoms with Crippen LogP contribution < -0.4 is 9.47 Å². The molecule has 2 spiro atoms. The summed E-state index contributed by atoms with van der Waals surface area (Å²) in [5.74, 6) is -3.06. The van der Waals surface area contributed by atoms with Crippen molar-refractivity contribution in [1.82, 2.24) is 0 Å². The summed E-state index contributed by atoms with van der Waals surface area (Å²) in [5.41, 5.74) is 1.91. The summed E-state index contributed by atoms with van der Waals surface area (Å²) in [7, 11) is 0. The highest BCUT2D eigenvalue weighted by Gasteiger charge is 2.63. The molecule has 0 amide bonds. The Hall–Kier alpha value is -5.83. The molecular weight excluding hydrogens is 1160 g/mol. The first-order valence-corrected chi connectivity index (χ1v) is 27.9. The SMILES string of the molecule is Cc1c(O)c(Cl)cc2c1OC1C(Cl)=C(O)C(CCC(=O)C(C)C)=CC1C21OC(=O)c2cc(Cl)c(Cl)cc21.Cc1c(O)c(Cl)cc2c1OC1C(c3ccccc3)=C(O)C(CCC(=O)C(C)C)=CC1C21OC(=O)c2cc(Cl)c(Cl)cc21. The lowest BCUT2D eigenvalue weighted by Crippen LogP contribution is -2.50. The molecule has 410 valence electrons. The van der Waals surface area contributed by atoms with Gasteiger partial charge in [-0.05, 0) is 79.8 Å². The lowest BCUT2D eigenvalue weighted by molar-refractivity contribution is -0.122. The van der Waals surface area contributed by atoms with E-state index in [0.29, 0.717) is 55.7 Å². The fourth-order valence-electron chi connectivity index (χ4n) is 11.5. The number of phenolic OH excluding ortho intramolecular Hbond substituents is 2. The second kappa shape index (κ2) is 20.9. The van der Waals surface area contributed by atoms with E-state index in [1.165, 1.54) is 24.3 Å². The predicted molar refractivity (Wildman–Crippen MR) is 303 cm³/mol. The molecular formula is C60H49Cl7O12. The number of allylic oxidation sites excluding steroid dienone is 2. The van der Waals surface area contributed by atoms with Gasteiger partial charge in [-0.25, -0.2) is 9.59 Å². The Balaban J connectivity index is 0.000000180. The molecule has 12 nitrogen and oxygen atoms in total. The number of fused-ring (bicyclic) bond motifs is 12. The lowest BCUT2D eigenvalue weighted by atomic mass is 9.66. The quantitative estimate of drug-likeness (QED) is 0.103. The first kappa shape index (κ1) is 56.4. The fourth-order valence-corrected chi connectivity index (χ4v) is 12.9. The summed E-state index contributed by atoms with van der Waals surface area (Å²) in [4.78, 5) is 51.7. The highest BCUT2D eigenvalue weighted by Crippen LogP contribution is 2.63. The number of Topliss-reactive ketones (excluding diaryl/α,β-unsaturated/α-hetero) is 2. The van der Waals surface area contributed by atoms with E-state index >= 15 is 0 Å². The number of aliphatic hydroxyl groups is 2. The number of aromatic hydroxyl groups is 2. The number of esters is 2. The summed E-state index contributed by atoms with van der Waals surface area (Å²) in [5, 5.41) is 45.0. The smallest absolute Gasteiger partial charge is 0.339 e. The van der Waals surface area contributed by atoms with E-state index in [2.05, 4.69) is 0 Å². The third-order valence-electron chi connectivity index (χ3n) is 15.7. The molecule has 11 rings (SSSR count). The molecule has 0 aromatic heterocycles. The third-order valence-corrected chi connectivity index (χ3v) is 18.1. The van der Waals surface area contributed by atoms with Gasteiger partial charge in [0.1, 0.15) is 63.3 Å². The molecule has 2 aliphatic carbocycles. The molecule has 6 aliphatic rings. The van der Waals surface area contributed by atoms with Gasteiger partial charge >= 0.3 is 11.9 Å². The van der Waals surface area contributed by atoms with Gasteiger partial charge in [-0.3, -0.25) is 9.59 Å². The Morgan fingerprint density at radius 3 is 1.38 bits per heavy atom. The van der Waals surface area contributed by atoms with Crippen molar-refractivity contribution in [2.75, 3.05) is 0 Å². The fraction of sp³-hybridized carbons (Fsp3) is 0.300. The minimum atomic E-state index is -1.52. The highest BCUT2D eigenvalue weighted by atomic mass is 35.5. The molecule has 0 bridgehead atoms. The summed E-state index contributed by atoms with van der Waals surface area (Å²) >= 11 is 45.1. The number of hydrogen-bond acceptors (Lipinski definition) is 12. The maximum absolute atomic E-state index is 13.5. The van der Waals surface area contributed by atoms with Gasteiger partial charge in [0, 0.05) is 63.6 Å². The number of ketones is 2. The van der Waals surface area contributed by atoms with E-state index in [1.54, 1.807) is 32.1 Å². The van der Waals surface area contributed by atoms with E-state index in [9.17, 15) is 39.6 Å². The number of aliphatic hydroxyl groups excluding tert-OH is 2. The summed E-state index contributed by atoms with van der Waals surface area (Å²) < 4.78 is 25.4. The number of ether oxygens (including phenoxy) is 4. The van der Waals surface area contributed by atoms with Crippen molar-refractivity contribution >= 4 is 110 Å². The normalized spacial score (nSPS) is 23.1. The van der Waals surface area contributed by atoms with Gasteiger partial charge in [0.2, 0.25) is 0 Å². The van der Waals surface area contributed by atoms with Crippen molar-refractivity contribution in [2.45, 2.75) is 90.6 Å². The number of phenols is 2. The Morgan fingerprint density at radius 2 is 0.937 bits per heavy atom. The molecule has 0 saturated carbocycles. The van der Waals surface area contributed by atoms with E-state index in [0.717, 1.165) is 0 Å². The zero-order valence-electron chi connectivity index (χ0n) is 43.0. The molecule has 0 saturated heterocycles. The van der Waals surface area contributed by atoms with E-state index < -0.39 is 47.2 Å². The number of rotatable bonds is 9. The van der Waals surface area contributed by atoms with Crippen LogP contribution in [0.4, 0.5) is 0 Å². The van der Waals surface area contributed by atoms with Crippen molar-refractivity contribution in [3.05, 3.63) is 187 Å². The molecule has 6 unspecified atom stereocenters. The zero-order valence-corrected chi connectivity index (χ0v) is 48.3. The monoisotopic (exact) mass is 1210 g/mol. The lowest BCUT2D eigenvalue weighted by Gasteiger charge is -2.48. The number of benzene rings is 5. The summed E-state index contributed by atoms with van der Waals surface area (Å²) in [6, 6.07) is 18.4. The molecule has 79 heavy (non-hydrogen) atoms. The van der Waals surface area contributed by atoms with Gasteiger partial charge in [0.15, 0.2) is 11.2 Å². The van der Waals surface area contributed by atoms with Crippen LogP contribution in [0.1, 0.15) is 113 Å². The third kappa shape index (κ3) is 9.05. The van der Waals surface area contributed by atoms with Gasteiger partial charge in [-0.15, -0.1) is 0 Å². The Kier molecular flexibility index (Phi) is 15.0. The van der Waals surface area contributed by atoms with Gasteiger partial charge < -0.3 is 39.4 Å². The van der Waals surface area contributed by atoms with Crippen molar-refractivity contribution in [1.29, 1.82) is 0 Å². The van der Waals surface area contributed by atoms with E-state index in [-0.39, 0.29) is 130 Å². The topological polar surface area (TPSA) is 186 Å². The van der Waals surface area contributed by atoms with E-state index in [4.69, 9.17) is 100 Å². The Bertz CT molecular complexity index is 3640. The summed E-state index contributed by atoms with van der Waals surface area (Å²) in [6.07, 6.45) is 2.60. The maximum atomic E-state index is 13.5. The van der Waals surface area contributed by atoms with Crippen molar-refractivity contribution in [3.8, 4) is 23.0 Å². The number of halogens is 7. The van der Waals surface area contributed by atoms with Crippen LogP contribution >= 0.6 is 81.2 Å². The Labute approximate surface area is 489 Å². The number of carbonyl (C=O) groups excluding carboxylic acids is 4. The molecule has 5 aromatic rings. The maximum Gasteiger partial charge on any atom is 0.339 e.